The number of rotatable bonds is 3. The highest BCUT2D eigenvalue weighted by Crippen LogP contribution is 2.27. The predicted molar refractivity (Wildman–Crippen MR) is 58.4 cm³/mol. The van der Waals surface area contributed by atoms with Crippen molar-refractivity contribution in [2.75, 3.05) is 19.0 Å². The van der Waals surface area contributed by atoms with Crippen LogP contribution in [0.5, 0.6) is 0 Å². The van der Waals surface area contributed by atoms with Gasteiger partial charge >= 0.3 is 5.97 Å². The second-order valence-corrected chi connectivity index (χ2v) is 3.75. The van der Waals surface area contributed by atoms with E-state index >= 15 is 0 Å². The van der Waals surface area contributed by atoms with Gasteiger partial charge in [0.25, 0.3) is 0 Å². The number of nitrogens with zero attached hydrogens (tertiary/aromatic N) is 1. The Balaban J connectivity index is 3.06. The third-order valence-electron chi connectivity index (χ3n) is 2.00. The molecule has 0 bridgehead atoms. The predicted octanol–water partition coefficient (Wildman–Crippen LogP) is 1.52. The second kappa shape index (κ2) is 4.51. The summed E-state index contributed by atoms with van der Waals surface area (Å²) in [6.45, 7) is 0. The molecule has 4 nitrogen and oxygen atoms in total. The number of hydrogen-bond acceptors (Lipinski definition) is 3. The number of anilines is 1. The van der Waals surface area contributed by atoms with Crippen LogP contribution in [-0.4, -0.2) is 30.3 Å². The molecule has 0 heterocycles. The third-order valence-corrected chi connectivity index (χ3v) is 2.31. The molecule has 0 aliphatic carbocycles. The monoisotopic (exact) mass is 229 g/mol. The van der Waals surface area contributed by atoms with Crippen LogP contribution in [0.2, 0.25) is 5.02 Å². The Morgan fingerprint density at radius 2 is 2.07 bits per heavy atom. The van der Waals surface area contributed by atoms with Gasteiger partial charge in [-0.2, -0.15) is 0 Å². The van der Waals surface area contributed by atoms with Crippen LogP contribution in [0.4, 0.5) is 5.69 Å². The van der Waals surface area contributed by atoms with Gasteiger partial charge in [-0.3, -0.25) is 0 Å². The molecule has 82 valence electrons. The standard InChI is InChI=1S/C10H12ClNO3/c1-12(2)8-4-3-6(5-7(8)11)9(13)10(14)15/h3-5,9,13H,1-2H3,(H,14,15). The van der Waals surface area contributed by atoms with Crippen molar-refractivity contribution in [3.8, 4) is 0 Å². The lowest BCUT2D eigenvalue weighted by molar-refractivity contribution is -0.146. The van der Waals surface area contributed by atoms with Crippen LogP contribution >= 0.6 is 11.6 Å². The number of benzene rings is 1. The normalized spacial score (nSPS) is 12.3. The van der Waals surface area contributed by atoms with Gasteiger partial charge < -0.3 is 15.1 Å². The van der Waals surface area contributed by atoms with Gasteiger partial charge in [-0.05, 0) is 17.7 Å². The molecular weight excluding hydrogens is 218 g/mol. The molecule has 2 N–H and O–H groups in total. The van der Waals surface area contributed by atoms with Crippen molar-refractivity contribution in [2.24, 2.45) is 0 Å². The van der Waals surface area contributed by atoms with E-state index in [0.717, 1.165) is 5.69 Å². The van der Waals surface area contributed by atoms with Crippen LogP contribution in [0.1, 0.15) is 11.7 Å². The summed E-state index contributed by atoms with van der Waals surface area (Å²) in [5.41, 5.74) is 1.05. The molecule has 1 rings (SSSR count). The molecule has 0 aromatic heterocycles. The topological polar surface area (TPSA) is 60.8 Å². The fraction of sp³-hybridized carbons (Fsp3) is 0.300. The smallest absolute Gasteiger partial charge is 0.337 e. The molecule has 0 aliphatic rings. The lowest BCUT2D eigenvalue weighted by atomic mass is 10.1. The first-order valence-corrected chi connectivity index (χ1v) is 4.69. The van der Waals surface area contributed by atoms with Crippen molar-refractivity contribution >= 4 is 23.3 Å². The molecule has 0 fully saturated rings. The van der Waals surface area contributed by atoms with Crippen LogP contribution in [0.25, 0.3) is 0 Å². The van der Waals surface area contributed by atoms with E-state index in [1.807, 2.05) is 14.1 Å². The molecule has 1 aromatic rings. The van der Waals surface area contributed by atoms with Gasteiger partial charge in [-0.25, -0.2) is 4.79 Å². The number of carboxylic acids is 1. The van der Waals surface area contributed by atoms with Crippen LogP contribution < -0.4 is 4.90 Å². The minimum atomic E-state index is -1.53. The van der Waals surface area contributed by atoms with Crippen molar-refractivity contribution in [1.29, 1.82) is 0 Å². The number of aliphatic hydroxyl groups is 1. The molecule has 5 heteroatoms. The number of halogens is 1. The Hall–Kier alpha value is -1.26. The molecule has 0 spiro atoms. The zero-order valence-electron chi connectivity index (χ0n) is 8.44. The van der Waals surface area contributed by atoms with Gasteiger partial charge in [0.05, 0.1) is 10.7 Å². The molecule has 1 aromatic carbocycles. The number of aliphatic hydroxyl groups excluding tert-OH is 1. The SMILES string of the molecule is CN(C)c1ccc(C(O)C(=O)O)cc1Cl. The van der Waals surface area contributed by atoms with E-state index in [1.165, 1.54) is 6.07 Å². The highest BCUT2D eigenvalue weighted by Gasteiger charge is 2.17. The van der Waals surface area contributed by atoms with Gasteiger partial charge in [0.15, 0.2) is 6.10 Å². The number of carboxylic acid groups (broad SMARTS) is 1. The van der Waals surface area contributed by atoms with Crippen LogP contribution in [0.15, 0.2) is 18.2 Å². The Morgan fingerprint density at radius 1 is 1.47 bits per heavy atom. The van der Waals surface area contributed by atoms with E-state index in [4.69, 9.17) is 16.7 Å². The van der Waals surface area contributed by atoms with Crippen molar-refractivity contribution in [2.45, 2.75) is 6.10 Å². The fourth-order valence-electron chi connectivity index (χ4n) is 1.20. The van der Waals surface area contributed by atoms with E-state index in [1.54, 1.807) is 17.0 Å². The average molecular weight is 230 g/mol. The maximum absolute atomic E-state index is 10.5. The van der Waals surface area contributed by atoms with Gasteiger partial charge in [-0.1, -0.05) is 17.7 Å². The Bertz CT molecular complexity index is 379. The molecule has 0 aliphatic heterocycles. The molecule has 0 radical (unpaired) electrons. The highest BCUT2D eigenvalue weighted by atomic mass is 35.5. The molecule has 15 heavy (non-hydrogen) atoms. The lowest BCUT2D eigenvalue weighted by Crippen LogP contribution is -2.12. The van der Waals surface area contributed by atoms with E-state index in [2.05, 4.69) is 0 Å². The molecule has 1 unspecified atom stereocenters. The second-order valence-electron chi connectivity index (χ2n) is 3.35. The summed E-state index contributed by atoms with van der Waals surface area (Å²) in [5.74, 6) is -1.29. The van der Waals surface area contributed by atoms with Gasteiger partial charge in [0, 0.05) is 14.1 Å². The summed E-state index contributed by atoms with van der Waals surface area (Å²) in [6.07, 6.45) is -1.53. The summed E-state index contributed by atoms with van der Waals surface area (Å²) in [5, 5.41) is 18.3. The Morgan fingerprint density at radius 3 is 2.47 bits per heavy atom. The largest absolute Gasteiger partial charge is 0.479 e. The third kappa shape index (κ3) is 2.61. The van der Waals surface area contributed by atoms with E-state index in [-0.39, 0.29) is 5.56 Å². The van der Waals surface area contributed by atoms with Crippen LogP contribution in [0, 0.1) is 0 Å². The first kappa shape index (κ1) is 11.8. The molecule has 0 saturated heterocycles. The van der Waals surface area contributed by atoms with E-state index < -0.39 is 12.1 Å². The average Bonchev–Trinajstić information content (AvgIpc) is 2.15. The zero-order chi connectivity index (χ0) is 11.6. The summed E-state index contributed by atoms with van der Waals surface area (Å²) in [6, 6.07) is 4.67. The molecule has 0 saturated carbocycles. The maximum Gasteiger partial charge on any atom is 0.337 e. The van der Waals surface area contributed by atoms with Gasteiger partial charge in [0.1, 0.15) is 0 Å². The van der Waals surface area contributed by atoms with E-state index in [0.29, 0.717) is 5.02 Å². The lowest BCUT2D eigenvalue weighted by Gasteiger charge is -2.15. The summed E-state index contributed by atoms with van der Waals surface area (Å²) >= 11 is 5.93. The van der Waals surface area contributed by atoms with Gasteiger partial charge in [-0.15, -0.1) is 0 Å². The Kier molecular flexibility index (Phi) is 3.55. The first-order valence-electron chi connectivity index (χ1n) is 4.31. The Labute approximate surface area is 92.7 Å². The zero-order valence-corrected chi connectivity index (χ0v) is 9.19. The van der Waals surface area contributed by atoms with Crippen LogP contribution in [-0.2, 0) is 4.79 Å². The number of aliphatic carboxylic acids is 1. The maximum atomic E-state index is 10.5. The minimum absolute atomic E-state index is 0.276. The minimum Gasteiger partial charge on any atom is -0.479 e. The summed E-state index contributed by atoms with van der Waals surface area (Å²) in [7, 11) is 3.66. The first-order chi connectivity index (χ1) is 6.93. The van der Waals surface area contributed by atoms with E-state index in [9.17, 15) is 9.90 Å². The fourth-order valence-corrected chi connectivity index (χ4v) is 1.56. The van der Waals surface area contributed by atoms with Crippen molar-refractivity contribution in [3.05, 3.63) is 28.8 Å². The van der Waals surface area contributed by atoms with Crippen molar-refractivity contribution in [1.82, 2.24) is 0 Å². The van der Waals surface area contributed by atoms with Gasteiger partial charge in [0.2, 0.25) is 0 Å². The summed E-state index contributed by atoms with van der Waals surface area (Å²) in [4.78, 5) is 12.3. The number of hydrogen-bond donors (Lipinski definition) is 2. The summed E-state index contributed by atoms with van der Waals surface area (Å²) < 4.78 is 0. The molecule has 1 atom stereocenters. The van der Waals surface area contributed by atoms with Crippen molar-refractivity contribution in [3.63, 3.8) is 0 Å². The molecular formula is C10H12ClNO3. The number of carbonyl (C=O) groups is 1. The molecule has 0 amide bonds. The quantitative estimate of drug-likeness (QED) is 0.825. The highest BCUT2D eigenvalue weighted by molar-refractivity contribution is 6.33. The van der Waals surface area contributed by atoms with Crippen molar-refractivity contribution < 1.29 is 15.0 Å². The van der Waals surface area contributed by atoms with Crippen LogP contribution in [0.3, 0.4) is 0 Å².